The average Bonchev–Trinajstić information content (AvgIpc) is 2.91. The minimum absolute atomic E-state index is 0.144. The second kappa shape index (κ2) is 6.90. The SMILES string of the molecule is C#CCNC(=O)CSc1nnnn1-c1c(C)cccc1C. The molecule has 2 aromatic rings. The summed E-state index contributed by atoms with van der Waals surface area (Å²) in [6.07, 6.45) is 5.09. The first-order valence-electron chi connectivity index (χ1n) is 6.31. The summed E-state index contributed by atoms with van der Waals surface area (Å²) in [5, 5.41) is 14.9. The number of hydrogen-bond acceptors (Lipinski definition) is 5. The van der Waals surface area contributed by atoms with E-state index in [4.69, 9.17) is 6.42 Å². The van der Waals surface area contributed by atoms with Crippen LogP contribution in [0, 0.1) is 26.2 Å². The second-order valence-electron chi connectivity index (χ2n) is 4.38. The lowest BCUT2D eigenvalue weighted by molar-refractivity contribution is -0.118. The van der Waals surface area contributed by atoms with E-state index < -0.39 is 0 Å². The molecule has 7 heteroatoms. The third-order valence-electron chi connectivity index (χ3n) is 2.81. The van der Waals surface area contributed by atoms with Gasteiger partial charge in [-0.25, -0.2) is 0 Å². The summed E-state index contributed by atoms with van der Waals surface area (Å²) in [5.41, 5.74) is 3.08. The molecule has 1 aromatic carbocycles. The monoisotopic (exact) mass is 301 g/mol. The molecule has 1 heterocycles. The molecule has 2 rings (SSSR count). The van der Waals surface area contributed by atoms with Gasteiger partial charge in [0, 0.05) is 0 Å². The van der Waals surface area contributed by atoms with E-state index in [2.05, 4.69) is 26.8 Å². The fourth-order valence-corrected chi connectivity index (χ4v) is 2.59. The Hall–Kier alpha value is -2.33. The lowest BCUT2D eigenvalue weighted by atomic mass is 10.1. The van der Waals surface area contributed by atoms with Crippen molar-refractivity contribution in [1.82, 2.24) is 25.5 Å². The summed E-state index contributed by atoms with van der Waals surface area (Å²) >= 11 is 1.27. The molecule has 0 fully saturated rings. The molecule has 0 spiro atoms. The van der Waals surface area contributed by atoms with Crippen LogP contribution in [0.4, 0.5) is 0 Å². The summed E-state index contributed by atoms with van der Waals surface area (Å²) in [4.78, 5) is 11.6. The maximum atomic E-state index is 11.6. The topological polar surface area (TPSA) is 72.7 Å². The third kappa shape index (κ3) is 3.61. The van der Waals surface area contributed by atoms with Crippen molar-refractivity contribution in [3.63, 3.8) is 0 Å². The Morgan fingerprint density at radius 2 is 2.14 bits per heavy atom. The number of carbonyl (C=O) groups excluding carboxylic acids is 1. The number of amides is 1. The highest BCUT2D eigenvalue weighted by molar-refractivity contribution is 7.99. The second-order valence-corrected chi connectivity index (χ2v) is 5.33. The molecule has 0 unspecified atom stereocenters. The molecular weight excluding hydrogens is 286 g/mol. The Bertz CT molecular complexity index is 669. The van der Waals surface area contributed by atoms with Gasteiger partial charge < -0.3 is 5.32 Å². The van der Waals surface area contributed by atoms with Crippen molar-refractivity contribution in [2.45, 2.75) is 19.0 Å². The van der Waals surface area contributed by atoms with Crippen LogP contribution in [0.5, 0.6) is 0 Å². The number of aryl methyl sites for hydroxylation is 2. The molecular formula is C14H15N5OS. The van der Waals surface area contributed by atoms with Gasteiger partial charge in [-0.2, -0.15) is 4.68 Å². The Morgan fingerprint density at radius 1 is 1.43 bits per heavy atom. The lowest BCUT2D eigenvalue weighted by Crippen LogP contribution is -2.25. The van der Waals surface area contributed by atoms with Crippen molar-refractivity contribution in [3.8, 4) is 18.0 Å². The first-order chi connectivity index (χ1) is 10.1. The normalized spacial score (nSPS) is 10.1. The number of rotatable bonds is 5. The summed E-state index contributed by atoms with van der Waals surface area (Å²) in [5.74, 6) is 2.43. The van der Waals surface area contributed by atoms with Crippen molar-refractivity contribution in [1.29, 1.82) is 0 Å². The molecule has 0 radical (unpaired) electrons. The van der Waals surface area contributed by atoms with Crippen LogP contribution < -0.4 is 5.32 Å². The average molecular weight is 301 g/mol. The molecule has 0 bridgehead atoms. The number of benzene rings is 1. The van der Waals surface area contributed by atoms with Gasteiger partial charge in [-0.15, -0.1) is 11.5 Å². The number of nitrogens with zero attached hydrogens (tertiary/aromatic N) is 4. The fraction of sp³-hybridized carbons (Fsp3) is 0.286. The zero-order valence-corrected chi connectivity index (χ0v) is 12.6. The highest BCUT2D eigenvalue weighted by Gasteiger charge is 2.14. The van der Waals surface area contributed by atoms with Gasteiger partial charge in [0.1, 0.15) is 0 Å². The molecule has 0 atom stereocenters. The van der Waals surface area contributed by atoms with E-state index in [1.54, 1.807) is 4.68 Å². The minimum atomic E-state index is -0.144. The number of hydrogen-bond donors (Lipinski definition) is 1. The van der Waals surface area contributed by atoms with Crippen LogP contribution in [-0.2, 0) is 4.79 Å². The first-order valence-corrected chi connectivity index (χ1v) is 7.30. The van der Waals surface area contributed by atoms with E-state index in [0.717, 1.165) is 16.8 Å². The summed E-state index contributed by atoms with van der Waals surface area (Å²) in [6, 6.07) is 5.98. The standard InChI is InChI=1S/C14H15N5OS/c1-4-8-15-12(20)9-21-14-16-17-18-19(14)13-10(2)6-5-7-11(13)3/h1,5-7H,8-9H2,2-3H3,(H,15,20). The van der Waals surface area contributed by atoms with Gasteiger partial charge in [0.2, 0.25) is 11.1 Å². The molecule has 108 valence electrons. The lowest BCUT2D eigenvalue weighted by Gasteiger charge is -2.10. The van der Waals surface area contributed by atoms with Crippen LogP contribution in [0.2, 0.25) is 0 Å². The van der Waals surface area contributed by atoms with Crippen molar-refractivity contribution in [2.24, 2.45) is 0 Å². The van der Waals surface area contributed by atoms with Crippen LogP contribution in [0.1, 0.15) is 11.1 Å². The van der Waals surface area contributed by atoms with Crippen molar-refractivity contribution >= 4 is 17.7 Å². The van der Waals surface area contributed by atoms with Gasteiger partial charge in [0.25, 0.3) is 0 Å². The number of tetrazole rings is 1. The molecule has 6 nitrogen and oxygen atoms in total. The number of aromatic nitrogens is 4. The van der Waals surface area contributed by atoms with Crippen LogP contribution in [-0.4, -0.2) is 38.4 Å². The molecule has 0 aliphatic heterocycles. The summed E-state index contributed by atoms with van der Waals surface area (Å²) < 4.78 is 1.66. The quantitative estimate of drug-likeness (QED) is 0.662. The molecule has 1 amide bonds. The van der Waals surface area contributed by atoms with E-state index in [1.165, 1.54) is 11.8 Å². The fourth-order valence-electron chi connectivity index (χ4n) is 1.88. The largest absolute Gasteiger partial charge is 0.344 e. The predicted octanol–water partition coefficient (Wildman–Crippen LogP) is 1.12. The molecule has 0 aliphatic carbocycles. The molecule has 1 N–H and O–H groups in total. The minimum Gasteiger partial charge on any atom is -0.344 e. The zero-order chi connectivity index (χ0) is 15.2. The van der Waals surface area contributed by atoms with Gasteiger partial charge >= 0.3 is 0 Å². The number of thioether (sulfide) groups is 1. The maximum Gasteiger partial charge on any atom is 0.231 e. The van der Waals surface area contributed by atoms with Crippen LogP contribution in [0.3, 0.4) is 0 Å². The van der Waals surface area contributed by atoms with E-state index in [1.807, 2.05) is 32.0 Å². The molecule has 21 heavy (non-hydrogen) atoms. The van der Waals surface area contributed by atoms with Gasteiger partial charge in [-0.1, -0.05) is 35.9 Å². The Morgan fingerprint density at radius 3 is 2.81 bits per heavy atom. The Kier molecular flexibility index (Phi) is 4.95. The molecule has 0 aliphatic rings. The van der Waals surface area contributed by atoms with E-state index in [0.29, 0.717) is 5.16 Å². The van der Waals surface area contributed by atoms with Crippen LogP contribution >= 0.6 is 11.8 Å². The summed E-state index contributed by atoms with van der Waals surface area (Å²) in [6.45, 7) is 4.22. The predicted molar refractivity (Wildman–Crippen MR) is 81.2 cm³/mol. The smallest absolute Gasteiger partial charge is 0.231 e. The van der Waals surface area contributed by atoms with E-state index >= 15 is 0 Å². The number of para-hydroxylation sites is 1. The van der Waals surface area contributed by atoms with Crippen molar-refractivity contribution in [2.75, 3.05) is 12.3 Å². The molecule has 0 saturated carbocycles. The van der Waals surface area contributed by atoms with Crippen molar-refractivity contribution < 1.29 is 4.79 Å². The number of terminal acetylenes is 1. The van der Waals surface area contributed by atoms with Crippen LogP contribution in [0.15, 0.2) is 23.4 Å². The number of carbonyl (C=O) groups is 1. The Labute approximate surface area is 127 Å². The highest BCUT2D eigenvalue weighted by Crippen LogP contribution is 2.23. The highest BCUT2D eigenvalue weighted by atomic mass is 32.2. The first kappa shape index (κ1) is 15.1. The van der Waals surface area contributed by atoms with Gasteiger partial charge in [0.05, 0.1) is 18.0 Å². The number of nitrogens with one attached hydrogen (secondary N) is 1. The van der Waals surface area contributed by atoms with Crippen molar-refractivity contribution in [3.05, 3.63) is 29.3 Å². The van der Waals surface area contributed by atoms with Gasteiger partial charge in [-0.05, 0) is 35.4 Å². The molecule has 1 aromatic heterocycles. The summed E-state index contributed by atoms with van der Waals surface area (Å²) in [7, 11) is 0. The van der Waals surface area contributed by atoms with Gasteiger partial charge in [-0.3, -0.25) is 4.79 Å². The third-order valence-corrected chi connectivity index (χ3v) is 3.73. The van der Waals surface area contributed by atoms with Crippen LogP contribution in [0.25, 0.3) is 5.69 Å². The van der Waals surface area contributed by atoms with E-state index in [-0.39, 0.29) is 18.2 Å². The maximum absolute atomic E-state index is 11.6. The van der Waals surface area contributed by atoms with E-state index in [9.17, 15) is 4.79 Å². The zero-order valence-electron chi connectivity index (χ0n) is 11.8. The Balaban J connectivity index is 2.16. The molecule has 0 saturated heterocycles. The van der Waals surface area contributed by atoms with Gasteiger partial charge in [0.15, 0.2) is 0 Å².